The second-order valence-electron chi connectivity index (χ2n) is 6.70. The number of imidazole rings is 1. The molecule has 0 radical (unpaired) electrons. The molecule has 0 saturated carbocycles. The number of nitrogens with zero attached hydrogens (tertiary/aromatic N) is 3. The molecule has 1 atom stereocenters. The molecule has 3 heterocycles. The summed E-state index contributed by atoms with van der Waals surface area (Å²) >= 11 is 0. The SMILES string of the molecule is Cn1nc(-c2ccccc2)c(O)c1-c1nc2c([nH]1)CC1CNC(=O)C1=C2. The molecule has 1 saturated heterocycles. The minimum Gasteiger partial charge on any atom is -0.504 e. The molecule has 1 aliphatic heterocycles. The second kappa shape index (κ2) is 5.32. The van der Waals surface area contributed by atoms with Gasteiger partial charge in [0.25, 0.3) is 0 Å². The number of aromatic nitrogens is 4. The Morgan fingerprint density at radius 2 is 2.08 bits per heavy atom. The van der Waals surface area contributed by atoms with Crippen molar-refractivity contribution in [3.8, 4) is 28.5 Å². The van der Waals surface area contributed by atoms with Crippen molar-refractivity contribution in [1.29, 1.82) is 0 Å². The third-order valence-corrected chi connectivity index (χ3v) is 5.06. The molecule has 130 valence electrons. The highest BCUT2D eigenvalue weighted by Crippen LogP contribution is 2.38. The number of H-pyrrole nitrogens is 1. The molecule has 5 rings (SSSR count). The average Bonchev–Trinajstić information content (AvgIpc) is 3.29. The van der Waals surface area contributed by atoms with E-state index in [2.05, 4.69) is 20.4 Å². The summed E-state index contributed by atoms with van der Waals surface area (Å²) in [7, 11) is 1.78. The largest absolute Gasteiger partial charge is 0.504 e. The first-order valence-corrected chi connectivity index (χ1v) is 8.52. The molecular formula is C19H17N5O2. The molecule has 26 heavy (non-hydrogen) atoms. The highest BCUT2D eigenvalue weighted by atomic mass is 16.3. The number of carbonyl (C=O) groups excluding carboxylic acids is 1. The van der Waals surface area contributed by atoms with Gasteiger partial charge in [-0.1, -0.05) is 30.3 Å². The Kier molecular flexibility index (Phi) is 3.06. The first kappa shape index (κ1) is 14.9. The van der Waals surface area contributed by atoms with Crippen molar-refractivity contribution in [2.75, 3.05) is 6.54 Å². The smallest absolute Gasteiger partial charge is 0.247 e. The molecule has 0 spiro atoms. The van der Waals surface area contributed by atoms with Gasteiger partial charge in [0.2, 0.25) is 5.91 Å². The molecule has 0 bridgehead atoms. The first-order chi connectivity index (χ1) is 12.6. The van der Waals surface area contributed by atoms with Gasteiger partial charge in [-0.3, -0.25) is 9.48 Å². The summed E-state index contributed by atoms with van der Waals surface area (Å²) in [4.78, 5) is 19.8. The molecule has 7 heteroatoms. The van der Waals surface area contributed by atoms with E-state index in [4.69, 9.17) is 0 Å². The van der Waals surface area contributed by atoms with Gasteiger partial charge in [0, 0.05) is 36.3 Å². The number of hydrogen-bond donors (Lipinski definition) is 3. The standard InChI is InChI=1S/C19H17N5O2/c1-24-16(17(25)15(23-24)10-5-3-2-4-6-10)18-21-13-7-11-9-20-19(26)12(11)8-14(13)22-18/h2-6,8,11,25H,7,9H2,1H3,(H,20,26)(H,21,22). The summed E-state index contributed by atoms with van der Waals surface area (Å²) in [5.74, 6) is 0.820. The number of aromatic amines is 1. The number of fused-ring (bicyclic) bond motifs is 2. The van der Waals surface area contributed by atoms with Crippen molar-refractivity contribution >= 4 is 12.0 Å². The number of hydrogen-bond acceptors (Lipinski definition) is 4. The molecule has 3 aromatic rings. The molecule has 2 aromatic heterocycles. The van der Waals surface area contributed by atoms with Crippen molar-refractivity contribution in [3.05, 3.63) is 47.3 Å². The molecule has 2 aliphatic rings. The van der Waals surface area contributed by atoms with E-state index in [0.717, 1.165) is 28.9 Å². The molecule has 1 unspecified atom stereocenters. The van der Waals surface area contributed by atoms with Crippen LogP contribution in [0.1, 0.15) is 11.4 Å². The van der Waals surface area contributed by atoms with E-state index >= 15 is 0 Å². The zero-order valence-corrected chi connectivity index (χ0v) is 14.2. The third-order valence-electron chi connectivity index (χ3n) is 5.06. The highest BCUT2D eigenvalue weighted by Gasteiger charge is 2.34. The molecule has 1 amide bonds. The molecule has 3 N–H and O–H groups in total. The topological polar surface area (TPSA) is 95.8 Å². The number of rotatable bonds is 2. The Morgan fingerprint density at radius 1 is 1.27 bits per heavy atom. The quantitative estimate of drug-likeness (QED) is 0.659. The number of nitrogens with one attached hydrogen (secondary N) is 2. The number of benzene rings is 1. The summed E-state index contributed by atoms with van der Waals surface area (Å²) in [6, 6.07) is 9.55. The van der Waals surface area contributed by atoms with Crippen molar-refractivity contribution in [3.63, 3.8) is 0 Å². The minimum atomic E-state index is -0.0139. The van der Waals surface area contributed by atoms with Crippen molar-refractivity contribution in [2.24, 2.45) is 13.0 Å². The molecule has 7 nitrogen and oxygen atoms in total. The zero-order valence-electron chi connectivity index (χ0n) is 14.2. The zero-order chi connectivity index (χ0) is 17.8. The Hall–Kier alpha value is -3.35. The van der Waals surface area contributed by atoms with Gasteiger partial charge in [0.05, 0.1) is 5.69 Å². The molecule has 1 fully saturated rings. The van der Waals surface area contributed by atoms with E-state index in [-0.39, 0.29) is 17.6 Å². The van der Waals surface area contributed by atoms with Gasteiger partial charge in [-0.05, 0) is 12.5 Å². The molecule has 1 aromatic carbocycles. The van der Waals surface area contributed by atoms with Crippen LogP contribution in [0.15, 0.2) is 35.9 Å². The van der Waals surface area contributed by atoms with Gasteiger partial charge >= 0.3 is 0 Å². The van der Waals surface area contributed by atoms with Gasteiger partial charge in [-0.2, -0.15) is 5.10 Å². The van der Waals surface area contributed by atoms with Crippen LogP contribution in [-0.2, 0) is 18.3 Å². The maximum atomic E-state index is 11.9. The van der Waals surface area contributed by atoms with Crippen LogP contribution in [0.5, 0.6) is 5.75 Å². The van der Waals surface area contributed by atoms with E-state index in [1.165, 1.54) is 0 Å². The summed E-state index contributed by atoms with van der Waals surface area (Å²) < 4.78 is 1.63. The number of amides is 1. The Morgan fingerprint density at radius 3 is 2.88 bits per heavy atom. The van der Waals surface area contributed by atoms with E-state index < -0.39 is 0 Å². The van der Waals surface area contributed by atoms with Crippen molar-refractivity contribution in [1.82, 2.24) is 25.1 Å². The summed E-state index contributed by atoms with van der Waals surface area (Å²) in [5.41, 5.74) is 4.42. The average molecular weight is 347 g/mol. The van der Waals surface area contributed by atoms with Crippen LogP contribution in [-0.4, -0.2) is 37.3 Å². The highest BCUT2D eigenvalue weighted by molar-refractivity contribution is 6.01. The minimum absolute atomic E-state index is 0.0139. The fraction of sp³-hybridized carbons (Fsp3) is 0.211. The Labute approximate surface area is 149 Å². The number of aromatic hydroxyl groups is 1. The van der Waals surface area contributed by atoms with Crippen LogP contribution in [0.2, 0.25) is 0 Å². The number of aryl methyl sites for hydroxylation is 1. The summed E-state index contributed by atoms with van der Waals surface area (Å²) in [6.07, 6.45) is 2.58. The molecule has 1 aliphatic carbocycles. The monoisotopic (exact) mass is 347 g/mol. The van der Waals surface area contributed by atoms with Gasteiger partial charge in [-0.25, -0.2) is 4.98 Å². The van der Waals surface area contributed by atoms with Crippen LogP contribution in [0.25, 0.3) is 28.9 Å². The van der Waals surface area contributed by atoms with Crippen LogP contribution in [0, 0.1) is 5.92 Å². The van der Waals surface area contributed by atoms with Crippen molar-refractivity contribution < 1.29 is 9.90 Å². The van der Waals surface area contributed by atoms with E-state index in [1.54, 1.807) is 11.7 Å². The maximum Gasteiger partial charge on any atom is 0.247 e. The van der Waals surface area contributed by atoms with E-state index in [1.807, 2.05) is 36.4 Å². The van der Waals surface area contributed by atoms with Crippen molar-refractivity contribution in [2.45, 2.75) is 6.42 Å². The fourth-order valence-electron chi connectivity index (χ4n) is 3.75. The Bertz CT molecular complexity index is 1060. The lowest BCUT2D eigenvalue weighted by Crippen LogP contribution is -2.14. The van der Waals surface area contributed by atoms with Gasteiger partial charge in [-0.15, -0.1) is 0 Å². The van der Waals surface area contributed by atoms with Crippen LogP contribution in [0.3, 0.4) is 0 Å². The third kappa shape index (κ3) is 2.10. The lowest BCUT2D eigenvalue weighted by molar-refractivity contribution is -0.116. The predicted octanol–water partition coefficient (Wildman–Crippen LogP) is 1.87. The van der Waals surface area contributed by atoms with Gasteiger partial charge in [0.15, 0.2) is 11.6 Å². The molecular weight excluding hydrogens is 330 g/mol. The van der Waals surface area contributed by atoms with Crippen LogP contribution < -0.4 is 5.32 Å². The lowest BCUT2D eigenvalue weighted by Gasteiger charge is -2.13. The lowest BCUT2D eigenvalue weighted by atomic mass is 9.91. The number of carbonyl (C=O) groups is 1. The van der Waals surface area contributed by atoms with Gasteiger partial charge in [0.1, 0.15) is 11.4 Å². The predicted molar refractivity (Wildman–Crippen MR) is 96.1 cm³/mol. The normalized spacial score (nSPS) is 18.3. The summed E-state index contributed by atoms with van der Waals surface area (Å²) in [5, 5.41) is 18.1. The fourth-order valence-corrected chi connectivity index (χ4v) is 3.75. The van der Waals surface area contributed by atoms with Crippen LogP contribution in [0.4, 0.5) is 0 Å². The second-order valence-corrected chi connectivity index (χ2v) is 6.70. The maximum absolute atomic E-state index is 11.9. The van der Waals surface area contributed by atoms with E-state index in [0.29, 0.717) is 23.8 Å². The van der Waals surface area contributed by atoms with Gasteiger partial charge < -0.3 is 15.4 Å². The van der Waals surface area contributed by atoms with Crippen LogP contribution >= 0.6 is 0 Å². The summed E-state index contributed by atoms with van der Waals surface area (Å²) in [6.45, 7) is 0.660. The first-order valence-electron chi connectivity index (χ1n) is 8.52. The van der Waals surface area contributed by atoms with E-state index in [9.17, 15) is 9.90 Å². The Balaban J connectivity index is 1.60.